The van der Waals surface area contributed by atoms with E-state index >= 15 is 0 Å². The van der Waals surface area contributed by atoms with E-state index < -0.39 is 17.7 Å². The highest BCUT2D eigenvalue weighted by atomic mass is 19.1. The molecule has 8 nitrogen and oxygen atoms in total. The number of nitrogens with zero attached hydrogens (tertiary/aromatic N) is 3. The van der Waals surface area contributed by atoms with Crippen molar-refractivity contribution < 1.29 is 18.7 Å². The summed E-state index contributed by atoms with van der Waals surface area (Å²) >= 11 is 0. The first kappa shape index (κ1) is 22.2. The number of imidazole rings is 1. The van der Waals surface area contributed by atoms with Crippen molar-refractivity contribution in [1.82, 2.24) is 20.2 Å². The van der Waals surface area contributed by atoms with Gasteiger partial charge in [-0.15, -0.1) is 0 Å². The molecular weight excluding hydrogens is 456 g/mol. The lowest BCUT2D eigenvalue weighted by atomic mass is 9.98. The highest BCUT2D eigenvalue weighted by Gasteiger charge is 2.19. The maximum Gasteiger partial charge on any atom is 0.414 e. The molecule has 2 heterocycles. The largest absolute Gasteiger partial charge is 0.465 e. The van der Waals surface area contributed by atoms with Crippen LogP contribution in [0.25, 0.3) is 32.9 Å². The summed E-state index contributed by atoms with van der Waals surface area (Å²) in [5, 5.41) is 17.2. The Morgan fingerprint density at radius 3 is 2.57 bits per heavy atom. The van der Waals surface area contributed by atoms with Crippen LogP contribution in [0, 0.1) is 11.6 Å². The molecule has 0 unspecified atom stereocenters. The number of hydrogen-bond acceptors (Lipinski definition) is 4. The molecular formula is C25H19F2N5O3. The number of amides is 1. The summed E-state index contributed by atoms with van der Waals surface area (Å²) in [4.78, 5) is 31.3. The van der Waals surface area contributed by atoms with Gasteiger partial charge in [0.1, 0.15) is 17.2 Å². The molecule has 10 heteroatoms. The number of fused-ring (bicyclic) bond motifs is 2. The Morgan fingerprint density at radius 1 is 1.06 bits per heavy atom. The van der Waals surface area contributed by atoms with Crippen LogP contribution in [0.2, 0.25) is 0 Å². The van der Waals surface area contributed by atoms with Crippen LogP contribution in [0.5, 0.6) is 0 Å². The zero-order valence-corrected chi connectivity index (χ0v) is 18.5. The van der Waals surface area contributed by atoms with Crippen molar-refractivity contribution >= 4 is 33.8 Å². The van der Waals surface area contributed by atoms with Gasteiger partial charge in [-0.3, -0.25) is 4.79 Å². The molecule has 0 saturated carbocycles. The molecule has 0 bridgehead atoms. The van der Waals surface area contributed by atoms with Crippen LogP contribution in [-0.4, -0.2) is 37.9 Å². The van der Waals surface area contributed by atoms with Gasteiger partial charge >= 0.3 is 6.09 Å². The highest BCUT2D eigenvalue weighted by molar-refractivity contribution is 5.89. The standard InChI is InChI=1S/C25H19F2N5O3/c1-2-32(25(34)35)24-28-21-12-14(11-19(27)22(21)29-24)17-9-13(7-8-18(17)26)10-20-15-5-3-4-6-16(15)23(33)31-30-20/h3-9,11-12H,2,10H2,1H3,(H,28,29)(H,31,33)(H,34,35). The molecule has 3 N–H and O–H groups in total. The number of aromatic amines is 2. The second-order valence-corrected chi connectivity index (χ2v) is 7.98. The number of carboxylic acid groups (broad SMARTS) is 1. The zero-order chi connectivity index (χ0) is 24.7. The Balaban J connectivity index is 1.56. The summed E-state index contributed by atoms with van der Waals surface area (Å²) in [6.07, 6.45) is -0.916. The van der Waals surface area contributed by atoms with E-state index in [9.17, 15) is 23.5 Å². The van der Waals surface area contributed by atoms with Crippen molar-refractivity contribution in [2.45, 2.75) is 13.3 Å². The minimum atomic E-state index is -1.23. The third-order valence-corrected chi connectivity index (χ3v) is 5.82. The molecule has 3 aromatic carbocycles. The number of carbonyl (C=O) groups is 1. The van der Waals surface area contributed by atoms with Gasteiger partial charge in [0.25, 0.3) is 5.56 Å². The van der Waals surface area contributed by atoms with Crippen molar-refractivity contribution in [3.63, 3.8) is 0 Å². The van der Waals surface area contributed by atoms with E-state index in [4.69, 9.17) is 0 Å². The van der Waals surface area contributed by atoms with E-state index in [1.807, 2.05) is 6.07 Å². The van der Waals surface area contributed by atoms with Crippen LogP contribution in [0.4, 0.5) is 19.5 Å². The summed E-state index contributed by atoms with van der Waals surface area (Å²) < 4.78 is 29.7. The molecule has 5 aromatic rings. The number of rotatable bonds is 5. The summed E-state index contributed by atoms with van der Waals surface area (Å²) in [6.45, 7) is 1.75. The molecule has 0 aliphatic rings. The first-order valence-electron chi connectivity index (χ1n) is 10.8. The van der Waals surface area contributed by atoms with Gasteiger partial charge in [0.2, 0.25) is 5.95 Å². The van der Waals surface area contributed by atoms with Gasteiger partial charge in [-0.05, 0) is 48.4 Å². The Kier molecular flexibility index (Phi) is 5.48. The highest BCUT2D eigenvalue weighted by Crippen LogP contribution is 2.31. The lowest BCUT2D eigenvalue weighted by Gasteiger charge is -2.12. The van der Waals surface area contributed by atoms with E-state index in [0.717, 1.165) is 4.90 Å². The Bertz CT molecular complexity index is 1660. The molecule has 0 fully saturated rings. The maximum absolute atomic E-state index is 14.9. The second kappa shape index (κ2) is 8.64. The average Bonchev–Trinajstić information content (AvgIpc) is 3.26. The third kappa shape index (κ3) is 3.99. The molecule has 0 aliphatic heterocycles. The predicted molar refractivity (Wildman–Crippen MR) is 128 cm³/mol. The quantitative estimate of drug-likeness (QED) is 0.337. The van der Waals surface area contributed by atoms with Crippen LogP contribution < -0.4 is 10.5 Å². The van der Waals surface area contributed by atoms with Gasteiger partial charge in [-0.1, -0.05) is 24.3 Å². The van der Waals surface area contributed by atoms with E-state index in [0.29, 0.717) is 28.5 Å². The molecule has 5 rings (SSSR count). The van der Waals surface area contributed by atoms with Gasteiger partial charge in [-0.2, -0.15) is 5.10 Å². The van der Waals surface area contributed by atoms with Crippen molar-refractivity contribution in [3.8, 4) is 11.1 Å². The first-order valence-corrected chi connectivity index (χ1v) is 10.8. The minimum Gasteiger partial charge on any atom is -0.465 e. The summed E-state index contributed by atoms with van der Waals surface area (Å²) in [7, 11) is 0. The number of nitrogens with one attached hydrogen (secondary N) is 2. The first-order chi connectivity index (χ1) is 16.9. The number of halogens is 2. The second-order valence-electron chi connectivity index (χ2n) is 7.98. The molecule has 0 spiro atoms. The van der Waals surface area contributed by atoms with Crippen molar-refractivity contribution in [3.05, 3.63) is 87.8 Å². The number of benzene rings is 3. The number of aromatic nitrogens is 4. The van der Waals surface area contributed by atoms with E-state index in [1.165, 1.54) is 18.2 Å². The Hall–Kier alpha value is -4.60. The fourth-order valence-corrected chi connectivity index (χ4v) is 4.12. The monoisotopic (exact) mass is 475 g/mol. The number of anilines is 1. The van der Waals surface area contributed by atoms with Crippen LogP contribution in [0.1, 0.15) is 18.2 Å². The smallest absolute Gasteiger partial charge is 0.414 e. The summed E-state index contributed by atoms with van der Waals surface area (Å²) in [5.74, 6) is -1.25. The molecule has 2 aromatic heterocycles. The molecule has 1 amide bonds. The molecule has 0 atom stereocenters. The fraction of sp³-hybridized carbons (Fsp3) is 0.120. The van der Waals surface area contributed by atoms with Crippen molar-refractivity contribution in [1.29, 1.82) is 0 Å². The van der Waals surface area contributed by atoms with Gasteiger partial charge in [0, 0.05) is 23.9 Å². The maximum atomic E-state index is 14.9. The van der Waals surface area contributed by atoms with Crippen LogP contribution >= 0.6 is 0 Å². The van der Waals surface area contributed by atoms with Gasteiger partial charge in [0.15, 0.2) is 0 Å². The molecule has 35 heavy (non-hydrogen) atoms. The van der Waals surface area contributed by atoms with Crippen LogP contribution in [0.3, 0.4) is 0 Å². The fourth-order valence-electron chi connectivity index (χ4n) is 4.12. The number of hydrogen-bond donors (Lipinski definition) is 3. The van der Waals surface area contributed by atoms with E-state index in [1.54, 1.807) is 37.3 Å². The lowest BCUT2D eigenvalue weighted by Crippen LogP contribution is -2.29. The summed E-state index contributed by atoms with van der Waals surface area (Å²) in [5.41, 5.74) is 1.65. The molecule has 0 aliphatic carbocycles. The normalized spacial score (nSPS) is 11.3. The average molecular weight is 475 g/mol. The molecule has 0 radical (unpaired) electrons. The summed E-state index contributed by atoms with van der Waals surface area (Å²) in [6, 6.07) is 14.2. The third-order valence-electron chi connectivity index (χ3n) is 5.82. The lowest BCUT2D eigenvalue weighted by molar-refractivity contribution is 0.202. The minimum absolute atomic E-state index is 0.0173. The van der Waals surface area contributed by atoms with Crippen LogP contribution in [0.15, 0.2) is 59.4 Å². The van der Waals surface area contributed by atoms with Gasteiger partial charge < -0.3 is 10.1 Å². The topological polar surface area (TPSA) is 115 Å². The van der Waals surface area contributed by atoms with Gasteiger partial charge in [0.05, 0.1) is 16.6 Å². The SMILES string of the molecule is CCN(C(=O)O)c1nc2cc(-c3cc(Cc4n[nH]c(=O)c5ccccc45)ccc3F)cc(F)c2[nH]1. The van der Waals surface area contributed by atoms with E-state index in [-0.39, 0.29) is 40.2 Å². The van der Waals surface area contributed by atoms with Crippen LogP contribution in [-0.2, 0) is 6.42 Å². The predicted octanol–water partition coefficient (Wildman–Crippen LogP) is 4.84. The molecule has 0 saturated heterocycles. The number of H-pyrrole nitrogens is 2. The molecule has 176 valence electrons. The van der Waals surface area contributed by atoms with E-state index in [2.05, 4.69) is 20.2 Å². The van der Waals surface area contributed by atoms with Crippen molar-refractivity contribution in [2.75, 3.05) is 11.4 Å². The van der Waals surface area contributed by atoms with Gasteiger partial charge in [-0.25, -0.2) is 28.6 Å². The van der Waals surface area contributed by atoms with Crippen molar-refractivity contribution in [2.24, 2.45) is 0 Å². The zero-order valence-electron chi connectivity index (χ0n) is 18.5. The Morgan fingerprint density at radius 2 is 1.83 bits per heavy atom. The Labute approximate surface area is 196 Å².